The number of piperazine rings is 1. The lowest BCUT2D eigenvalue weighted by Crippen LogP contribution is -2.52. The second-order valence-electron chi connectivity index (χ2n) is 7.52. The van der Waals surface area contributed by atoms with Gasteiger partial charge in [0.05, 0.1) is 6.04 Å². The van der Waals surface area contributed by atoms with Crippen LogP contribution in [0.4, 0.5) is 5.69 Å². The fraction of sp³-hybridized carbons (Fsp3) is 0.292. The first kappa shape index (κ1) is 19.8. The lowest BCUT2D eigenvalue weighted by Gasteiger charge is -2.37. The van der Waals surface area contributed by atoms with E-state index < -0.39 is 0 Å². The van der Waals surface area contributed by atoms with Gasteiger partial charge < -0.3 is 5.32 Å². The van der Waals surface area contributed by atoms with Crippen molar-refractivity contribution in [3.8, 4) is 11.1 Å². The molecule has 2 heterocycles. The van der Waals surface area contributed by atoms with E-state index >= 15 is 0 Å². The second kappa shape index (κ2) is 9.35. The number of hydrogen-bond donors (Lipinski definition) is 1. The van der Waals surface area contributed by atoms with Crippen LogP contribution in [0.2, 0.25) is 0 Å². The molecule has 1 aliphatic rings. The van der Waals surface area contributed by atoms with Crippen LogP contribution in [0.5, 0.6) is 0 Å². The number of anilines is 1. The molecule has 0 saturated carbocycles. The van der Waals surface area contributed by atoms with Crippen LogP contribution in [-0.2, 0) is 11.3 Å². The maximum atomic E-state index is 13.0. The lowest BCUT2D eigenvalue weighted by atomic mass is 10.0. The van der Waals surface area contributed by atoms with Crippen LogP contribution < -0.4 is 5.32 Å². The number of para-hydroxylation sites is 1. The van der Waals surface area contributed by atoms with E-state index in [0.717, 1.165) is 49.5 Å². The highest BCUT2D eigenvalue weighted by molar-refractivity contribution is 7.07. The summed E-state index contributed by atoms with van der Waals surface area (Å²) in [4.78, 5) is 17.7. The standard InChI is InChI=1S/C24H27N3OS/c1-19(27-14-12-26(13-15-27)17-20-11-16-29-18-20)24(28)25-23-10-6-5-9-22(23)21-7-3-2-4-8-21/h2-11,16,18-19H,12-15,17H2,1H3,(H,25,28)/t19-/m0/s1. The minimum Gasteiger partial charge on any atom is -0.324 e. The largest absolute Gasteiger partial charge is 0.324 e. The Morgan fingerprint density at radius 3 is 2.45 bits per heavy atom. The van der Waals surface area contributed by atoms with Crippen LogP contribution in [0.1, 0.15) is 12.5 Å². The molecule has 2 aromatic carbocycles. The molecule has 0 spiro atoms. The van der Waals surface area contributed by atoms with Crippen molar-refractivity contribution in [2.45, 2.75) is 19.5 Å². The number of nitrogens with one attached hydrogen (secondary N) is 1. The van der Waals surface area contributed by atoms with Crippen molar-refractivity contribution in [3.63, 3.8) is 0 Å². The molecule has 1 atom stereocenters. The Morgan fingerprint density at radius 2 is 1.72 bits per heavy atom. The topological polar surface area (TPSA) is 35.6 Å². The van der Waals surface area contributed by atoms with Crippen molar-refractivity contribution in [1.29, 1.82) is 0 Å². The van der Waals surface area contributed by atoms with Gasteiger partial charge in [-0.3, -0.25) is 14.6 Å². The third-order valence-corrected chi connectivity index (χ3v) is 6.32. The minimum absolute atomic E-state index is 0.0552. The predicted molar refractivity (Wildman–Crippen MR) is 121 cm³/mol. The zero-order valence-electron chi connectivity index (χ0n) is 16.8. The zero-order chi connectivity index (χ0) is 20.1. The molecule has 150 valence electrons. The van der Waals surface area contributed by atoms with Gasteiger partial charge in [0.15, 0.2) is 0 Å². The summed E-state index contributed by atoms with van der Waals surface area (Å²) in [6, 6.07) is 20.2. The number of hydrogen-bond acceptors (Lipinski definition) is 4. The minimum atomic E-state index is -0.151. The van der Waals surface area contributed by atoms with Gasteiger partial charge in [-0.1, -0.05) is 48.5 Å². The number of benzene rings is 2. The summed E-state index contributed by atoms with van der Waals surface area (Å²) in [5.74, 6) is 0.0552. The number of amides is 1. The van der Waals surface area contributed by atoms with Crippen molar-refractivity contribution < 1.29 is 4.79 Å². The summed E-state index contributed by atoms with van der Waals surface area (Å²) in [5, 5.41) is 7.51. The van der Waals surface area contributed by atoms with E-state index in [9.17, 15) is 4.79 Å². The maximum Gasteiger partial charge on any atom is 0.241 e. The van der Waals surface area contributed by atoms with Crippen LogP contribution in [0.25, 0.3) is 11.1 Å². The van der Waals surface area contributed by atoms with E-state index in [1.165, 1.54) is 5.56 Å². The number of thiophene rings is 1. The summed E-state index contributed by atoms with van der Waals surface area (Å²) >= 11 is 1.75. The van der Waals surface area contributed by atoms with Crippen LogP contribution in [-0.4, -0.2) is 47.9 Å². The molecule has 29 heavy (non-hydrogen) atoms. The third kappa shape index (κ3) is 4.93. The highest BCUT2D eigenvalue weighted by atomic mass is 32.1. The maximum absolute atomic E-state index is 13.0. The van der Waals surface area contributed by atoms with Crippen molar-refractivity contribution in [3.05, 3.63) is 77.0 Å². The van der Waals surface area contributed by atoms with E-state index in [-0.39, 0.29) is 11.9 Å². The quantitative estimate of drug-likeness (QED) is 0.653. The summed E-state index contributed by atoms with van der Waals surface area (Å²) < 4.78 is 0. The first-order chi connectivity index (χ1) is 14.2. The van der Waals surface area contributed by atoms with E-state index in [0.29, 0.717) is 0 Å². The smallest absolute Gasteiger partial charge is 0.241 e. The molecule has 1 fully saturated rings. The third-order valence-electron chi connectivity index (χ3n) is 5.59. The highest BCUT2D eigenvalue weighted by Crippen LogP contribution is 2.27. The summed E-state index contributed by atoms with van der Waals surface area (Å²) in [7, 11) is 0. The predicted octanol–water partition coefficient (Wildman–Crippen LogP) is 4.56. The molecule has 5 heteroatoms. The molecule has 0 bridgehead atoms. The molecule has 4 nitrogen and oxygen atoms in total. The first-order valence-corrected chi connectivity index (χ1v) is 11.1. The monoisotopic (exact) mass is 405 g/mol. The van der Waals surface area contributed by atoms with Crippen LogP contribution in [0.3, 0.4) is 0 Å². The van der Waals surface area contributed by atoms with Gasteiger partial charge >= 0.3 is 0 Å². The normalized spacial score (nSPS) is 16.4. The highest BCUT2D eigenvalue weighted by Gasteiger charge is 2.26. The Labute approximate surface area is 176 Å². The Morgan fingerprint density at radius 1 is 1.00 bits per heavy atom. The Kier molecular flexibility index (Phi) is 6.39. The Bertz CT molecular complexity index is 918. The number of carbonyl (C=O) groups excluding carboxylic acids is 1. The lowest BCUT2D eigenvalue weighted by molar-refractivity contribution is -0.121. The molecule has 1 aliphatic heterocycles. The van der Waals surface area contributed by atoms with E-state index in [1.807, 2.05) is 43.3 Å². The second-order valence-corrected chi connectivity index (χ2v) is 8.30. The average molecular weight is 406 g/mol. The van der Waals surface area contributed by atoms with Gasteiger partial charge in [-0.15, -0.1) is 0 Å². The molecular weight excluding hydrogens is 378 g/mol. The van der Waals surface area contributed by atoms with Crippen LogP contribution in [0.15, 0.2) is 71.4 Å². The summed E-state index contributed by atoms with van der Waals surface area (Å²) in [6.07, 6.45) is 0. The molecule has 1 saturated heterocycles. The molecule has 0 radical (unpaired) electrons. The fourth-order valence-electron chi connectivity index (χ4n) is 3.81. The molecule has 1 N–H and O–H groups in total. The average Bonchev–Trinajstić information content (AvgIpc) is 3.28. The fourth-order valence-corrected chi connectivity index (χ4v) is 4.47. The van der Waals surface area contributed by atoms with Gasteiger partial charge in [0.2, 0.25) is 5.91 Å². The molecule has 4 rings (SSSR count). The van der Waals surface area contributed by atoms with Crippen molar-refractivity contribution in [2.75, 3.05) is 31.5 Å². The van der Waals surface area contributed by atoms with Crippen molar-refractivity contribution >= 4 is 22.9 Å². The van der Waals surface area contributed by atoms with E-state index in [1.54, 1.807) is 11.3 Å². The SMILES string of the molecule is C[C@@H](C(=O)Nc1ccccc1-c1ccccc1)N1CCN(Cc2ccsc2)CC1. The van der Waals surface area contributed by atoms with Gasteiger partial charge in [-0.05, 0) is 40.9 Å². The number of rotatable bonds is 6. The van der Waals surface area contributed by atoms with E-state index in [2.05, 4.69) is 50.1 Å². The number of nitrogens with zero attached hydrogens (tertiary/aromatic N) is 2. The van der Waals surface area contributed by atoms with Gasteiger partial charge in [0, 0.05) is 44.0 Å². The van der Waals surface area contributed by atoms with E-state index in [4.69, 9.17) is 0 Å². The Balaban J connectivity index is 1.36. The molecular formula is C24H27N3OS. The molecule has 0 aliphatic carbocycles. The summed E-state index contributed by atoms with van der Waals surface area (Å²) in [6.45, 7) is 6.83. The first-order valence-electron chi connectivity index (χ1n) is 10.1. The van der Waals surface area contributed by atoms with Gasteiger partial charge in [0.1, 0.15) is 0 Å². The Hall–Kier alpha value is -2.47. The molecule has 3 aromatic rings. The van der Waals surface area contributed by atoms with Gasteiger partial charge in [0.25, 0.3) is 0 Å². The van der Waals surface area contributed by atoms with Crippen molar-refractivity contribution in [1.82, 2.24) is 9.80 Å². The summed E-state index contributed by atoms with van der Waals surface area (Å²) in [5.41, 5.74) is 4.41. The molecule has 0 unspecified atom stereocenters. The molecule has 1 amide bonds. The van der Waals surface area contributed by atoms with Gasteiger partial charge in [-0.2, -0.15) is 11.3 Å². The van der Waals surface area contributed by atoms with Crippen LogP contribution >= 0.6 is 11.3 Å². The zero-order valence-corrected chi connectivity index (χ0v) is 17.6. The van der Waals surface area contributed by atoms with Gasteiger partial charge in [-0.25, -0.2) is 0 Å². The molecule has 1 aromatic heterocycles. The van der Waals surface area contributed by atoms with Crippen molar-refractivity contribution in [2.24, 2.45) is 0 Å². The number of carbonyl (C=O) groups is 1. The van der Waals surface area contributed by atoms with Crippen LogP contribution in [0, 0.1) is 0 Å².